The van der Waals surface area contributed by atoms with Gasteiger partial charge in [0.05, 0.1) is 11.4 Å². The second kappa shape index (κ2) is 6.70. The monoisotopic (exact) mass is 313 g/mol. The molecule has 0 aromatic carbocycles. The summed E-state index contributed by atoms with van der Waals surface area (Å²) in [6, 6.07) is 0. The molecule has 0 atom stereocenters. The van der Waals surface area contributed by atoms with E-state index in [0.717, 1.165) is 31.2 Å². The fourth-order valence-electron chi connectivity index (χ4n) is 2.79. The third-order valence-electron chi connectivity index (χ3n) is 4.24. The van der Waals surface area contributed by atoms with Gasteiger partial charge in [-0.1, -0.05) is 19.3 Å². The molecule has 1 fully saturated rings. The van der Waals surface area contributed by atoms with E-state index in [9.17, 15) is 13.2 Å². The molecule has 0 bridgehead atoms. The highest BCUT2D eigenvalue weighted by atomic mass is 32.2. The maximum atomic E-state index is 12.1. The van der Waals surface area contributed by atoms with Crippen molar-refractivity contribution in [2.24, 2.45) is 5.92 Å². The Bertz CT molecular complexity index is 646. The zero-order valence-electron chi connectivity index (χ0n) is 12.6. The van der Waals surface area contributed by atoms with Crippen LogP contribution in [0.2, 0.25) is 0 Å². The second-order valence-electron chi connectivity index (χ2n) is 5.85. The van der Waals surface area contributed by atoms with Crippen molar-refractivity contribution in [2.45, 2.75) is 52.5 Å². The Morgan fingerprint density at radius 1 is 1.24 bits per heavy atom. The molecule has 1 aromatic rings. The van der Waals surface area contributed by atoms with Gasteiger partial charge in [0.15, 0.2) is 0 Å². The highest BCUT2D eigenvalue weighted by molar-refractivity contribution is 7.89. The lowest BCUT2D eigenvalue weighted by Crippen LogP contribution is -2.33. The standard InChI is InChI=1S/C14H23N3O3S/c1-10-11(2)16-17-14(18)13(10)8-15-21(19,20)9-12-6-4-3-5-7-12/h12,15H,3-9H2,1-2H3,(H,17,18). The lowest BCUT2D eigenvalue weighted by atomic mass is 9.91. The third-order valence-corrected chi connectivity index (χ3v) is 5.74. The van der Waals surface area contributed by atoms with E-state index in [1.54, 1.807) is 13.8 Å². The molecule has 6 nitrogen and oxygen atoms in total. The Balaban J connectivity index is 2.01. The van der Waals surface area contributed by atoms with Gasteiger partial charge in [-0.05, 0) is 38.2 Å². The predicted octanol–water partition coefficient (Wildman–Crippen LogP) is 1.39. The topological polar surface area (TPSA) is 91.9 Å². The van der Waals surface area contributed by atoms with E-state index in [1.165, 1.54) is 6.42 Å². The van der Waals surface area contributed by atoms with Gasteiger partial charge in [0.25, 0.3) is 5.56 Å². The molecule has 1 heterocycles. The number of aromatic amines is 1. The highest BCUT2D eigenvalue weighted by Gasteiger charge is 2.21. The molecule has 0 saturated heterocycles. The molecule has 1 aliphatic rings. The molecule has 0 aliphatic heterocycles. The summed E-state index contributed by atoms with van der Waals surface area (Å²) in [5.74, 6) is 0.406. The number of hydrogen-bond donors (Lipinski definition) is 2. The van der Waals surface area contributed by atoms with Gasteiger partial charge in [0.1, 0.15) is 0 Å². The van der Waals surface area contributed by atoms with Crippen LogP contribution >= 0.6 is 0 Å². The smallest absolute Gasteiger partial charge is 0.268 e. The van der Waals surface area contributed by atoms with Crippen LogP contribution in [0.5, 0.6) is 0 Å². The fraction of sp³-hybridized carbons (Fsp3) is 0.714. The zero-order chi connectivity index (χ0) is 15.5. The SMILES string of the molecule is Cc1n[nH]c(=O)c(CNS(=O)(=O)CC2CCCCC2)c1C. The third kappa shape index (κ3) is 4.38. The summed E-state index contributed by atoms with van der Waals surface area (Å²) in [7, 11) is -3.35. The van der Waals surface area contributed by atoms with Crippen LogP contribution in [-0.4, -0.2) is 24.4 Å². The van der Waals surface area contributed by atoms with E-state index in [0.29, 0.717) is 11.3 Å². The van der Waals surface area contributed by atoms with Crippen LogP contribution in [0.4, 0.5) is 0 Å². The number of nitrogens with one attached hydrogen (secondary N) is 2. The van der Waals surface area contributed by atoms with Gasteiger partial charge in [-0.25, -0.2) is 18.2 Å². The van der Waals surface area contributed by atoms with Crippen molar-refractivity contribution in [3.8, 4) is 0 Å². The van der Waals surface area contributed by atoms with Gasteiger partial charge in [0.2, 0.25) is 10.0 Å². The molecule has 2 N–H and O–H groups in total. The van der Waals surface area contributed by atoms with Gasteiger partial charge in [-0.3, -0.25) is 4.79 Å². The summed E-state index contributed by atoms with van der Waals surface area (Å²) in [5, 5.41) is 6.25. The molecule has 118 valence electrons. The molecule has 0 amide bonds. The van der Waals surface area contributed by atoms with Crippen LogP contribution in [0, 0.1) is 19.8 Å². The minimum absolute atomic E-state index is 0.0274. The van der Waals surface area contributed by atoms with Crippen molar-refractivity contribution in [3.05, 3.63) is 27.2 Å². The van der Waals surface area contributed by atoms with E-state index in [4.69, 9.17) is 0 Å². The molecule has 21 heavy (non-hydrogen) atoms. The molecule has 1 aromatic heterocycles. The van der Waals surface area contributed by atoms with E-state index >= 15 is 0 Å². The summed E-state index contributed by atoms with van der Waals surface area (Å²) < 4.78 is 26.8. The van der Waals surface area contributed by atoms with E-state index in [1.807, 2.05) is 0 Å². The van der Waals surface area contributed by atoms with E-state index in [2.05, 4.69) is 14.9 Å². The molecule has 1 saturated carbocycles. The largest absolute Gasteiger partial charge is 0.268 e. The first-order valence-corrected chi connectivity index (χ1v) is 9.06. The maximum absolute atomic E-state index is 12.1. The van der Waals surface area contributed by atoms with Crippen molar-refractivity contribution in [3.63, 3.8) is 0 Å². The Labute approximate surface area is 125 Å². The molecular weight excluding hydrogens is 290 g/mol. The molecule has 0 radical (unpaired) electrons. The van der Waals surface area contributed by atoms with Gasteiger partial charge in [-0.15, -0.1) is 0 Å². The van der Waals surface area contributed by atoms with Crippen molar-refractivity contribution in [2.75, 3.05) is 5.75 Å². The molecule has 1 aliphatic carbocycles. The molecule has 0 unspecified atom stereocenters. The quantitative estimate of drug-likeness (QED) is 0.859. The molecule has 0 spiro atoms. The number of aryl methyl sites for hydroxylation is 1. The first kappa shape index (κ1) is 16.2. The summed E-state index contributed by atoms with van der Waals surface area (Å²) in [6.07, 6.45) is 5.39. The number of sulfonamides is 1. The number of aromatic nitrogens is 2. The number of hydrogen-bond acceptors (Lipinski definition) is 4. The van der Waals surface area contributed by atoms with E-state index in [-0.39, 0.29) is 23.8 Å². The number of H-pyrrole nitrogens is 1. The summed E-state index contributed by atoms with van der Waals surface area (Å²) in [5.41, 5.74) is 1.54. The van der Waals surface area contributed by atoms with Gasteiger partial charge in [-0.2, -0.15) is 5.10 Å². The maximum Gasteiger partial charge on any atom is 0.268 e. The van der Waals surface area contributed by atoms with Crippen molar-refractivity contribution in [1.29, 1.82) is 0 Å². The summed E-state index contributed by atoms with van der Waals surface area (Å²) in [6.45, 7) is 3.59. The zero-order valence-corrected chi connectivity index (χ0v) is 13.4. The molecule has 2 rings (SSSR count). The average molecular weight is 313 g/mol. The minimum atomic E-state index is -3.35. The number of nitrogens with zero attached hydrogens (tertiary/aromatic N) is 1. The second-order valence-corrected chi connectivity index (χ2v) is 7.70. The van der Waals surface area contributed by atoms with Crippen LogP contribution in [0.25, 0.3) is 0 Å². The van der Waals surface area contributed by atoms with Crippen LogP contribution in [0.1, 0.15) is 48.9 Å². The van der Waals surface area contributed by atoms with Crippen molar-refractivity contribution < 1.29 is 8.42 Å². The highest BCUT2D eigenvalue weighted by Crippen LogP contribution is 2.24. The average Bonchev–Trinajstić information content (AvgIpc) is 2.43. The van der Waals surface area contributed by atoms with Gasteiger partial charge >= 0.3 is 0 Å². The summed E-state index contributed by atoms with van der Waals surface area (Å²) in [4.78, 5) is 11.7. The van der Waals surface area contributed by atoms with Gasteiger partial charge < -0.3 is 0 Å². The molecular formula is C14H23N3O3S. The Morgan fingerprint density at radius 2 is 1.90 bits per heavy atom. The van der Waals surface area contributed by atoms with Crippen LogP contribution in [-0.2, 0) is 16.6 Å². The lowest BCUT2D eigenvalue weighted by molar-refractivity contribution is 0.384. The first-order valence-electron chi connectivity index (χ1n) is 7.41. The molecule has 7 heteroatoms. The number of rotatable bonds is 5. The first-order chi connectivity index (χ1) is 9.89. The lowest BCUT2D eigenvalue weighted by Gasteiger charge is -2.21. The normalized spacial score (nSPS) is 17.0. The Morgan fingerprint density at radius 3 is 2.57 bits per heavy atom. The minimum Gasteiger partial charge on any atom is -0.268 e. The fourth-order valence-corrected chi connectivity index (χ4v) is 4.23. The van der Waals surface area contributed by atoms with Crippen LogP contribution in [0.3, 0.4) is 0 Å². The van der Waals surface area contributed by atoms with Gasteiger partial charge in [0, 0.05) is 12.1 Å². The van der Waals surface area contributed by atoms with Crippen LogP contribution < -0.4 is 10.3 Å². The Kier molecular flexibility index (Phi) is 5.16. The van der Waals surface area contributed by atoms with E-state index < -0.39 is 10.0 Å². The van der Waals surface area contributed by atoms with Crippen molar-refractivity contribution in [1.82, 2.24) is 14.9 Å². The van der Waals surface area contributed by atoms with Crippen LogP contribution in [0.15, 0.2) is 4.79 Å². The summed E-state index contributed by atoms with van der Waals surface area (Å²) >= 11 is 0. The van der Waals surface area contributed by atoms with Crippen molar-refractivity contribution >= 4 is 10.0 Å². The predicted molar refractivity (Wildman–Crippen MR) is 81.5 cm³/mol. The Hall–Kier alpha value is -1.21.